The average molecular weight is 378 g/mol. The predicted octanol–water partition coefficient (Wildman–Crippen LogP) is 3.97. The summed E-state index contributed by atoms with van der Waals surface area (Å²) in [5.74, 6) is 1.03. The van der Waals surface area contributed by atoms with Crippen LogP contribution in [-0.4, -0.2) is 32.5 Å². The van der Waals surface area contributed by atoms with Crippen LogP contribution in [0.3, 0.4) is 0 Å². The van der Waals surface area contributed by atoms with E-state index in [1.807, 2.05) is 0 Å². The second-order valence-electron chi connectivity index (χ2n) is 5.32. The molecule has 7 heteroatoms. The van der Waals surface area contributed by atoms with Crippen LogP contribution in [0.4, 0.5) is 5.69 Å². The molecule has 0 saturated heterocycles. The zero-order chi connectivity index (χ0) is 19.1. The van der Waals surface area contributed by atoms with Crippen LogP contribution in [0.1, 0.15) is 23.7 Å². The molecular weight excluding hydrogens is 358 g/mol. The largest absolute Gasteiger partial charge is 0.495 e. The number of anilines is 1. The SMILES string of the molecule is CCC(=O)c1ccc(OCC(=O)Nc2cc(Cl)c(OC)cc2OC)cc1. The number of ether oxygens (including phenoxy) is 3. The minimum Gasteiger partial charge on any atom is -0.495 e. The van der Waals surface area contributed by atoms with Gasteiger partial charge in [-0.3, -0.25) is 9.59 Å². The van der Waals surface area contributed by atoms with Crippen LogP contribution in [0.5, 0.6) is 17.2 Å². The van der Waals surface area contributed by atoms with Gasteiger partial charge in [-0.05, 0) is 30.3 Å². The monoisotopic (exact) mass is 377 g/mol. The van der Waals surface area contributed by atoms with Crippen molar-refractivity contribution < 1.29 is 23.8 Å². The number of rotatable bonds is 8. The molecule has 0 aliphatic heterocycles. The summed E-state index contributed by atoms with van der Waals surface area (Å²) in [7, 11) is 2.97. The molecule has 0 fully saturated rings. The van der Waals surface area contributed by atoms with E-state index in [9.17, 15) is 9.59 Å². The van der Waals surface area contributed by atoms with E-state index < -0.39 is 0 Å². The minimum absolute atomic E-state index is 0.0535. The highest BCUT2D eigenvalue weighted by atomic mass is 35.5. The summed E-state index contributed by atoms with van der Waals surface area (Å²) in [5, 5.41) is 3.03. The summed E-state index contributed by atoms with van der Waals surface area (Å²) in [6.07, 6.45) is 0.439. The highest BCUT2D eigenvalue weighted by Crippen LogP contribution is 2.35. The number of carbonyl (C=O) groups is 2. The fourth-order valence-corrected chi connectivity index (χ4v) is 2.47. The van der Waals surface area contributed by atoms with E-state index in [2.05, 4.69) is 5.32 Å². The maximum Gasteiger partial charge on any atom is 0.262 e. The van der Waals surface area contributed by atoms with Crippen LogP contribution >= 0.6 is 11.6 Å². The molecule has 0 heterocycles. The molecule has 0 aromatic heterocycles. The third-order valence-corrected chi connectivity index (χ3v) is 3.91. The molecule has 0 aliphatic carbocycles. The average Bonchev–Trinajstić information content (AvgIpc) is 2.66. The van der Waals surface area contributed by atoms with Crippen molar-refractivity contribution in [3.05, 3.63) is 47.0 Å². The number of nitrogens with one attached hydrogen (secondary N) is 1. The first-order chi connectivity index (χ1) is 12.5. The highest BCUT2D eigenvalue weighted by molar-refractivity contribution is 6.32. The zero-order valence-corrected chi connectivity index (χ0v) is 15.6. The molecular formula is C19H20ClNO5. The van der Waals surface area contributed by atoms with Crippen molar-refractivity contribution in [3.8, 4) is 17.2 Å². The molecule has 0 atom stereocenters. The third kappa shape index (κ3) is 4.89. The highest BCUT2D eigenvalue weighted by Gasteiger charge is 2.13. The van der Waals surface area contributed by atoms with Gasteiger partial charge in [-0.15, -0.1) is 0 Å². The van der Waals surface area contributed by atoms with E-state index in [1.54, 1.807) is 43.3 Å². The smallest absolute Gasteiger partial charge is 0.262 e. The van der Waals surface area contributed by atoms with E-state index in [0.29, 0.717) is 39.9 Å². The van der Waals surface area contributed by atoms with Crippen molar-refractivity contribution in [3.63, 3.8) is 0 Å². The molecule has 0 aliphatic rings. The summed E-state index contributed by atoms with van der Waals surface area (Å²) in [6.45, 7) is 1.60. The first-order valence-corrected chi connectivity index (χ1v) is 8.33. The molecule has 1 N–H and O–H groups in total. The van der Waals surface area contributed by atoms with E-state index >= 15 is 0 Å². The van der Waals surface area contributed by atoms with Gasteiger partial charge in [-0.25, -0.2) is 0 Å². The number of amides is 1. The standard InChI is InChI=1S/C19H20ClNO5/c1-4-16(22)12-5-7-13(8-6-12)26-11-19(23)21-15-9-14(20)17(24-2)10-18(15)25-3/h5-10H,4,11H2,1-3H3,(H,21,23). The van der Waals surface area contributed by atoms with Crippen molar-refractivity contribution in [1.29, 1.82) is 0 Å². The summed E-state index contributed by atoms with van der Waals surface area (Å²) in [4.78, 5) is 23.7. The Morgan fingerprint density at radius 1 is 1.04 bits per heavy atom. The van der Waals surface area contributed by atoms with E-state index in [-0.39, 0.29) is 18.3 Å². The molecule has 0 saturated carbocycles. The number of methoxy groups -OCH3 is 2. The van der Waals surface area contributed by atoms with Crippen LogP contribution in [0.2, 0.25) is 5.02 Å². The van der Waals surface area contributed by atoms with Gasteiger partial charge >= 0.3 is 0 Å². The van der Waals surface area contributed by atoms with E-state index in [4.69, 9.17) is 25.8 Å². The van der Waals surface area contributed by atoms with E-state index in [0.717, 1.165) is 0 Å². The fourth-order valence-electron chi connectivity index (χ4n) is 2.23. The van der Waals surface area contributed by atoms with Gasteiger partial charge in [-0.1, -0.05) is 18.5 Å². The van der Waals surface area contributed by atoms with Crippen molar-refractivity contribution >= 4 is 29.0 Å². The summed E-state index contributed by atoms with van der Waals surface area (Å²) >= 11 is 6.08. The Bertz CT molecular complexity index is 789. The number of halogens is 1. The van der Waals surface area contributed by atoms with Crippen LogP contribution in [0.15, 0.2) is 36.4 Å². The first-order valence-electron chi connectivity index (χ1n) is 7.96. The van der Waals surface area contributed by atoms with Crippen LogP contribution < -0.4 is 19.5 Å². The first kappa shape index (κ1) is 19.6. The zero-order valence-electron chi connectivity index (χ0n) is 14.8. The molecule has 138 valence electrons. The van der Waals surface area contributed by atoms with Crippen molar-refractivity contribution in [2.75, 3.05) is 26.1 Å². The van der Waals surface area contributed by atoms with Crippen molar-refractivity contribution in [1.82, 2.24) is 0 Å². The Labute approximate surface area is 157 Å². The molecule has 2 aromatic rings. The van der Waals surface area contributed by atoms with Gasteiger partial charge in [0.05, 0.1) is 24.9 Å². The van der Waals surface area contributed by atoms with Gasteiger partial charge in [0, 0.05) is 18.1 Å². The molecule has 26 heavy (non-hydrogen) atoms. The second-order valence-corrected chi connectivity index (χ2v) is 5.73. The summed E-state index contributed by atoms with van der Waals surface area (Å²) < 4.78 is 15.8. The molecule has 1 amide bonds. The maximum absolute atomic E-state index is 12.1. The summed E-state index contributed by atoms with van der Waals surface area (Å²) in [5.41, 5.74) is 1.03. The van der Waals surface area contributed by atoms with Crippen LogP contribution in [-0.2, 0) is 4.79 Å². The van der Waals surface area contributed by atoms with Crippen LogP contribution in [0, 0.1) is 0 Å². The van der Waals surface area contributed by atoms with Crippen molar-refractivity contribution in [2.45, 2.75) is 13.3 Å². The normalized spacial score (nSPS) is 10.2. The Morgan fingerprint density at radius 2 is 1.69 bits per heavy atom. The number of hydrogen-bond donors (Lipinski definition) is 1. The lowest BCUT2D eigenvalue weighted by molar-refractivity contribution is -0.118. The lowest BCUT2D eigenvalue weighted by atomic mass is 10.1. The molecule has 0 spiro atoms. The topological polar surface area (TPSA) is 73.9 Å². The second kappa shape index (κ2) is 9.10. The number of ketones is 1. The van der Waals surface area contributed by atoms with Gasteiger partial charge in [0.15, 0.2) is 12.4 Å². The lowest BCUT2D eigenvalue weighted by Crippen LogP contribution is -2.20. The maximum atomic E-state index is 12.1. The molecule has 0 bridgehead atoms. The Kier molecular flexibility index (Phi) is 6.86. The third-order valence-electron chi connectivity index (χ3n) is 3.62. The van der Waals surface area contributed by atoms with Gasteiger partial charge in [-0.2, -0.15) is 0 Å². The quantitative estimate of drug-likeness (QED) is 0.704. The number of carbonyl (C=O) groups excluding carboxylic acids is 2. The minimum atomic E-state index is -0.377. The number of hydrogen-bond acceptors (Lipinski definition) is 5. The van der Waals surface area contributed by atoms with Gasteiger partial charge in [0.2, 0.25) is 0 Å². The Balaban J connectivity index is 1.99. The predicted molar refractivity (Wildman–Crippen MR) is 99.7 cm³/mol. The Morgan fingerprint density at radius 3 is 2.27 bits per heavy atom. The molecule has 0 radical (unpaired) electrons. The Hall–Kier alpha value is -2.73. The van der Waals surface area contributed by atoms with Gasteiger partial charge in [0.1, 0.15) is 17.2 Å². The van der Waals surface area contributed by atoms with Gasteiger partial charge < -0.3 is 19.5 Å². The fraction of sp³-hybridized carbons (Fsp3) is 0.263. The lowest BCUT2D eigenvalue weighted by Gasteiger charge is -2.13. The molecule has 6 nitrogen and oxygen atoms in total. The number of Topliss-reactive ketones (excluding diaryl/α,β-unsaturated/α-hetero) is 1. The van der Waals surface area contributed by atoms with E-state index in [1.165, 1.54) is 14.2 Å². The number of benzene rings is 2. The van der Waals surface area contributed by atoms with Gasteiger partial charge in [0.25, 0.3) is 5.91 Å². The molecule has 2 rings (SSSR count). The summed E-state index contributed by atoms with van der Waals surface area (Å²) in [6, 6.07) is 9.78. The molecule has 0 unspecified atom stereocenters. The molecule has 2 aromatic carbocycles. The van der Waals surface area contributed by atoms with Crippen LogP contribution in [0.25, 0.3) is 0 Å². The van der Waals surface area contributed by atoms with Crippen molar-refractivity contribution in [2.24, 2.45) is 0 Å².